The van der Waals surface area contributed by atoms with Gasteiger partial charge >= 0.3 is 0 Å². The predicted molar refractivity (Wildman–Crippen MR) is 71.1 cm³/mol. The SMILES string of the molecule is CC(C)(C)CC(O)(C[N+](=O)[O-])CC(C)(C)C[N+](=O)[O-]. The molecule has 0 saturated carbocycles. The van der Waals surface area contributed by atoms with Gasteiger partial charge in [-0.15, -0.1) is 0 Å². The standard InChI is InChI=1S/C12H24N2O5/c1-10(2,3)6-12(15,9-14(18)19)7-11(4,5)8-13(16)17/h15H,6-9H2,1-5H3. The third kappa shape index (κ3) is 8.47. The van der Waals surface area contributed by atoms with E-state index in [0.717, 1.165) is 0 Å². The Bertz CT molecular complexity index is 349. The Labute approximate surface area is 113 Å². The molecule has 0 aromatic rings. The summed E-state index contributed by atoms with van der Waals surface area (Å²) in [6.45, 7) is 7.99. The van der Waals surface area contributed by atoms with Crippen LogP contribution in [0.5, 0.6) is 0 Å². The Balaban J connectivity index is 5.04. The van der Waals surface area contributed by atoms with E-state index in [0.29, 0.717) is 0 Å². The van der Waals surface area contributed by atoms with E-state index >= 15 is 0 Å². The zero-order valence-corrected chi connectivity index (χ0v) is 12.3. The van der Waals surface area contributed by atoms with E-state index in [1.165, 1.54) is 0 Å². The number of nitro groups is 2. The lowest BCUT2D eigenvalue weighted by atomic mass is 9.73. The van der Waals surface area contributed by atoms with Crippen molar-refractivity contribution in [2.75, 3.05) is 13.1 Å². The maximum absolute atomic E-state index is 10.7. The molecule has 0 amide bonds. The van der Waals surface area contributed by atoms with E-state index in [2.05, 4.69) is 0 Å². The van der Waals surface area contributed by atoms with Crippen molar-refractivity contribution < 1.29 is 15.0 Å². The second kappa shape index (κ2) is 5.81. The smallest absolute Gasteiger partial charge is 0.232 e. The van der Waals surface area contributed by atoms with Crippen molar-refractivity contribution in [2.24, 2.45) is 10.8 Å². The van der Waals surface area contributed by atoms with Crippen molar-refractivity contribution in [3.8, 4) is 0 Å². The van der Waals surface area contributed by atoms with Gasteiger partial charge in [0.05, 0.1) is 0 Å². The monoisotopic (exact) mass is 276 g/mol. The van der Waals surface area contributed by atoms with Gasteiger partial charge in [-0.1, -0.05) is 34.6 Å². The third-order valence-corrected chi connectivity index (χ3v) is 2.65. The van der Waals surface area contributed by atoms with Crippen LogP contribution in [0, 0.1) is 31.1 Å². The molecule has 0 aliphatic heterocycles. The summed E-state index contributed by atoms with van der Waals surface area (Å²) in [5.41, 5.74) is -2.61. The fraction of sp³-hybridized carbons (Fsp3) is 1.00. The van der Waals surface area contributed by atoms with Gasteiger partial charge in [-0.25, -0.2) is 0 Å². The molecule has 0 aromatic carbocycles. The van der Waals surface area contributed by atoms with E-state index in [9.17, 15) is 25.3 Å². The molecule has 7 heteroatoms. The van der Waals surface area contributed by atoms with E-state index in [1.54, 1.807) is 13.8 Å². The van der Waals surface area contributed by atoms with E-state index in [1.807, 2.05) is 20.8 Å². The summed E-state index contributed by atoms with van der Waals surface area (Å²) in [5, 5.41) is 31.8. The number of aliphatic hydroxyl groups is 1. The molecule has 0 heterocycles. The number of hydrogen-bond acceptors (Lipinski definition) is 5. The van der Waals surface area contributed by atoms with Crippen molar-refractivity contribution in [1.29, 1.82) is 0 Å². The Kier molecular flexibility index (Phi) is 5.43. The molecule has 19 heavy (non-hydrogen) atoms. The lowest BCUT2D eigenvalue weighted by Crippen LogP contribution is -2.45. The lowest BCUT2D eigenvalue weighted by molar-refractivity contribution is -0.510. The maximum Gasteiger partial charge on any atom is 0.232 e. The molecule has 0 aliphatic carbocycles. The average molecular weight is 276 g/mol. The van der Waals surface area contributed by atoms with Crippen LogP contribution in [-0.2, 0) is 0 Å². The van der Waals surface area contributed by atoms with Crippen LogP contribution in [0.15, 0.2) is 0 Å². The molecule has 0 bridgehead atoms. The second-order valence-electron chi connectivity index (χ2n) is 7.28. The Hall–Kier alpha value is -1.24. The van der Waals surface area contributed by atoms with Crippen molar-refractivity contribution in [3.63, 3.8) is 0 Å². The van der Waals surface area contributed by atoms with E-state index < -0.39 is 27.4 Å². The summed E-state index contributed by atoms with van der Waals surface area (Å²) in [4.78, 5) is 20.3. The van der Waals surface area contributed by atoms with Crippen LogP contribution in [-0.4, -0.2) is 33.6 Å². The highest BCUT2D eigenvalue weighted by Crippen LogP contribution is 2.36. The van der Waals surface area contributed by atoms with Crippen LogP contribution in [0.25, 0.3) is 0 Å². The fourth-order valence-electron chi connectivity index (χ4n) is 2.70. The minimum absolute atomic E-state index is 0.0270. The molecule has 7 nitrogen and oxygen atoms in total. The topological polar surface area (TPSA) is 107 Å². The molecular formula is C12H24N2O5. The Morgan fingerprint density at radius 3 is 1.63 bits per heavy atom. The average Bonchev–Trinajstić information content (AvgIpc) is 1.89. The molecule has 1 unspecified atom stereocenters. The normalized spacial score (nSPS) is 15.9. The van der Waals surface area contributed by atoms with Crippen molar-refractivity contribution >= 4 is 0 Å². The number of rotatable bonds is 7. The van der Waals surface area contributed by atoms with Crippen LogP contribution in [0.4, 0.5) is 0 Å². The Morgan fingerprint density at radius 2 is 1.32 bits per heavy atom. The van der Waals surface area contributed by atoms with Gasteiger partial charge in [0.2, 0.25) is 13.1 Å². The van der Waals surface area contributed by atoms with Gasteiger partial charge in [-0.2, -0.15) is 0 Å². The first-order valence-electron chi connectivity index (χ1n) is 6.21. The van der Waals surface area contributed by atoms with Crippen molar-refractivity contribution in [3.05, 3.63) is 20.2 Å². The summed E-state index contributed by atoms with van der Waals surface area (Å²) in [5.74, 6) is 0. The van der Waals surface area contributed by atoms with Crippen LogP contribution >= 0.6 is 0 Å². The molecule has 0 radical (unpaired) electrons. The molecule has 0 spiro atoms. The third-order valence-electron chi connectivity index (χ3n) is 2.65. The minimum Gasteiger partial charge on any atom is -0.383 e. The van der Waals surface area contributed by atoms with Crippen LogP contribution in [0.1, 0.15) is 47.5 Å². The molecule has 0 saturated heterocycles. The molecule has 0 aliphatic rings. The summed E-state index contributed by atoms with van der Waals surface area (Å²) in [6.07, 6.45) is 0.251. The Morgan fingerprint density at radius 1 is 0.895 bits per heavy atom. The zero-order valence-electron chi connectivity index (χ0n) is 12.3. The molecule has 1 atom stereocenters. The largest absolute Gasteiger partial charge is 0.383 e. The fourth-order valence-corrected chi connectivity index (χ4v) is 2.70. The highest BCUT2D eigenvalue weighted by Gasteiger charge is 2.43. The molecule has 0 rings (SSSR count). The molecule has 0 aromatic heterocycles. The summed E-state index contributed by atoms with van der Waals surface area (Å²) in [7, 11) is 0. The molecular weight excluding hydrogens is 252 g/mol. The van der Waals surface area contributed by atoms with Gasteiger partial charge in [0.25, 0.3) is 0 Å². The van der Waals surface area contributed by atoms with E-state index in [-0.39, 0.29) is 24.8 Å². The van der Waals surface area contributed by atoms with E-state index in [4.69, 9.17) is 0 Å². The summed E-state index contributed by atoms with van der Waals surface area (Å²) >= 11 is 0. The second-order valence-corrected chi connectivity index (χ2v) is 7.28. The van der Waals surface area contributed by atoms with Crippen LogP contribution in [0.2, 0.25) is 0 Å². The molecule has 1 N–H and O–H groups in total. The van der Waals surface area contributed by atoms with Crippen LogP contribution < -0.4 is 0 Å². The first kappa shape index (κ1) is 17.8. The first-order valence-corrected chi connectivity index (χ1v) is 6.21. The number of nitrogens with zero attached hydrogens (tertiary/aromatic N) is 2. The van der Waals surface area contributed by atoms with Gasteiger partial charge in [-0.3, -0.25) is 20.2 Å². The molecule has 112 valence electrons. The van der Waals surface area contributed by atoms with Gasteiger partial charge in [-0.05, 0) is 18.3 Å². The highest BCUT2D eigenvalue weighted by molar-refractivity contribution is 4.88. The first-order chi connectivity index (χ1) is 8.25. The summed E-state index contributed by atoms with van der Waals surface area (Å²) < 4.78 is 0. The molecule has 0 fully saturated rings. The minimum atomic E-state index is -1.53. The van der Waals surface area contributed by atoms with Gasteiger partial charge in [0.1, 0.15) is 5.60 Å². The zero-order chi connectivity index (χ0) is 15.5. The van der Waals surface area contributed by atoms with Crippen molar-refractivity contribution in [2.45, 2.75) is 53.1 Å². The summed E-state index contributed by atoms with van der Waals surface area (Å²) in [6, 6.07) is 0. The predicted octanol–water partition coefficient (Wildman–Crippen LogP) is 2.12. The van der Waals surface area contributed by atoms with Gasteiger partial charge in [0.15, 0.2) is 0 Å². The quantitative estimate of drug-likeness (QED) is 0.566. The van der Waals surface area contributed by atoms with Crippen molar-refractivity contribution in [1.82, 2.24) is 0 Å². The lowest BCUT2D eigenvalue weighted by Gasteiger charge is -2.35. The number of hydrogen-bond donors (Lipinski definition) is 1. The maximum atomic E-state index is 10.7. The van der Waals surface area contributed by atoms with Crippen LogP contribution in [0.3, 0.4) is 0 Å². The van der Waals surface area contributed by atoms with Gasteiger partial charge < -0.3 is 5.11 Å². The highest BCUT2D eigenvalue weighted by atomic mass is 16.6. The van der Waals surface area contributed by atoms with Gasteiger partial charge in [0, 0.05) is 15.3 Å².